The SMILES string of the molecule is C[C@H](OC(=O)c1ccc(OC(F)F)cc1)C(=O)Nc1ccc(N2CCOCC2)cc1. The molecular formula is C21H22F2N2O5. The Morgan fingerprint density at radius 3 is 2.27 bits per heavy atom. The third kappa shape index (κ3) is 5.90. The lowest BCUT2D eigenvalue weighted by molar-refractivity contribution is -0.123. The van der Waals surface area contributed by atoms with Crippen molar-refractivity contribution in [2.45, 2.75) is 19.6 Å². The Bertz CT molecular complexity index is 853. The monoisotopic (exact) mass is 420 g/mol. The molecule has 30 heavy (non-hydrogen) atoms. The zero-order valence-corrected chi connectivity index (χ0v) is 16.3. The van der Waals surface area contributed by atoms with E-state index in [0.29, 0.717) is 18.9 Å². The number of ether oxygens (including phenoxy) is 3. The number of nitrogens with zero attached hydrogens (tertiary/aromatic N) is 1. The summed E-state index contributed by atoms with van der Waals surface area (Å²) < 4.78 is 39.0. The van der Waals surface area contributed by atoms with Crippen molar-refractivity contribution in [3.8, 4) is 5.75 Å². The van der Waals surface area contributed by atoms with E-state index in [4.69, 9.17) is 9.47 Å². The maximum absolute atomic E-state index is 12.3. The van der Waals surface area contributed by atoms with Crippen molar-refractivity contribution < 1.29 is 32.6 Å². The number of carbonyl (C=O) groups is 2. The van der Waals surface area contributed by atoms with Crippen LogP contribution in [0, 0.1) is 0 Å². The first-order chi connectivity index (χ1) is 14.4. The van der Waals surface area contributed by atoms with E-state index in [9.17, 15) is 18.4 Å². The van der Waals surface area contributed by atoms with Crippen LogP contribution in [0.25, 0.3) is 0 Å². The number of morpholine rings is 1. The summed E-state index contributed by atoms with van der Waals surface area (Å²) in [5.41, 5.74) is 1.73. The lowest BCUT2D eigenvalue weighted by atomic mass is 10.2. The minimum absolute atomic E-state index is 0.0760. The molecule has 0 unspecified atom stereocenters. The van der Waals surface area contributed by atoms with Crippen LogP contribution in [0.2, 0.25) is 0 Å². The molecule has 1 N–H and O–H groups in total. The Morgan fingerprint density at radius 2 is 1.67 bits per heavy atom. The van der Waals surface area contributed by atoms with E-state index in [1.54, 1.807) is 12.1 Å². The molecule has 1 amide bonds. The normalized spacial score (nSPS) is 14.9. The topological polar surface area (TPSA) is 77.1 Å². The van der Waals surface area contributed by atoms with Gasteiger partial charge >= 0.3 is 12.6 Å². The first-order valence-corrected chi connectivity index (χ1v) is 9.42. The van der Waals surface area contributed by atoms with Gasteiger partial charge < -0.3 is 24.4 Å². The van der Waals surface area contributed by atoms with Crippen LogP contribution in [0.5, 0.6) is 5.75 Å². The molecule has 1 aliphatic rings. The fourth-order valence-corrected chi connectivity index (χ4v) is 2.88. The molecule has 1 atom stereocenters. The molecule has 0 aromatic heterocycles. The molecule has 2 aromatic carbocycles. The predicted molar refractivity (Wildman–Crippen MR) is 106 cm³/mol. The fraction of sp³-hybridized carbons (Fsp3) is 0.333. The Balaban J connectivity index is 1.52. The zero-order valence-electron chi connectivity index (χ0n) is 16.3. The zero-order chi connectivity index (χ0) is 21.5. The summed E-state index contributed by atoms with van der Waals surface area (Å²) in [6.07, 6.45) is -1.05. The average molecular weight is 420 g/mol. The Morgan fingerprint density at radius 1 is 1.03 bits per heavy atom. The molecule has 1 saturated heterocycles. The van der Waals surface area contributed by atoms with Crippen molar-refractivity contribution in [3.63, 3.8) is 0 Å². The Kier molecular flexibility index (Phi) is 7.18. The second kappa shape index (κ2) is 10.0. The number of rotatable bonds is 7. The maximum Gasteiger partial charge on any atom is 0.387 e. The number of carbonyl (C=O) groups excluding carboxylic acids is 2. The van der Waals surface area contributed by atoms with Gasteiger partial charge in [0, 0.05) is 24.5 Å². The third-order valence-electron chi connectivity index (χ3n) is 4.48. The number of esters is 1. The standard InChI is InChI=1S/C21H22F2N2O5/c1-14(29-20(27)15-2-8-18(9-3-15)30-21(22)23)19(26)24-16-4-6-17(7-5-16)25-10-12-28-13-11-25/h2-9,14,21H,10-13H2,1H3,(H,24,26)/t14-/m0/s1. The van der Waals surface area contributed by atoms with Crippen LogP contribution in [0.3, 0.4) is 0 Å². The summed E-state index contributed by atoms with van der Waals surface area (Å²) in [7, 11) is 0. The van der Waals surface area contributed by atoms with E-state index in [2.05, 4.69) is 15.0 Å². The molecule has 1 fully saturated rings. The first-order valence-electron chi connectivity index (χ1n) is 9.42. The highest BCUT2D eigenvalue weighted by Crippen LogP contribution is 2.20. The van der Waals surface area contributed by atoms with Crippen molar-refractivity contribution in [2.75, 3.05) is 36.5 Å². The molecule has 1 aliphatic heterocycles. The van der Waals surface area contributed by atoms with E-state index < -0.39 is 24.6 Å². The second-order valence-corrected chi connectivity index (χ2v) is 6.59. The lowest BCUT2D eigenvalue weighted by Gasteiger charge is -2.28. The Labute approximate surface area is 172 Å². The second-order valence-electron chi connectivity index (χ2n) is 6.59. The van der Waals surface area contributed by atoms with Crippen LogP contribution in [0.4, 0.5) is 20.2 Å². The summed E-state index contributed by atoms with van der Waals surface area (Å²) in [5.74, 6) is -1.31. The van der Waals surface area contributed by atoms with E-state index in [-0.39, 0.29) is 11.3 Å². The van der Waals surface area contributed by atoms with Crippen LogP contribution in [0.1, 0.15) is 17.3 Å². The number of nitrogens with one attached hydrogen (secondary N) is 1. The number of anilines is 2. The molecule has 9 heteroatoms. The van der Waals surface area contributed by atoms with Crippen molar-refractivity contribution in [3.05, 3.63) is 54.1 Å². The predicted octanol–water partition coefficient (Wildman–Crippen LogP) is 3.31. The summed E-state index contributed by atoms with van der Waals surface area (Å²) in [6, 6.07) is 12.4. The molecule has 0 spiro atoms. The van der Waals surface area contributed by atoms with Crippen LogP contribution >= 0.6 is 0 Å². The van der Waals surface area contributed by atoms with Gasteiger partial charge in [0.05, 0.1) is 18.8 Å². The molecule has 0 aliphatic carbocycles. The number of benzene rings is 2. The number of hydrogen-bond acceptors (Lipinski definition) is 6. The van der Waals surface area contributed by atoms with Gasteiger partial charge in [-0.3, -0.25) is 4.79 Å². The van der Waals surface area contributed by atoms with Crippen molar-refractivity contribution >= 4 is 23.3 Å². The van der Waals surface area contributed by atoms with E-state index in [1.165, 1.54) is 31.2 Å². The average Bonchev–Trinajstić information content (AvgIpc) is 2.75. The summed E-state index contributed by atoms with van der Waals surface area (Å²) in [5, 5.41) is 2.70. The van der Waals surface area contributed by atoms with Crippen molar-refractivity contribution in [1.82, 2.24) is 0 Å². The van der Waals surface area contributed by atoms with E-state index >= 15 is 0 Å². The Hall–Kier alpha value is -3.20. The van der Waals surface area contributed by atoms with Gasteiger partial charge in [-0.05, 0) is 55.5 Å². The van der Waals surface area contributed by atoms with Gasteiger partial charge in [0.25, 0.3) is 5.91 Å². The number of amides is 1. The fourth-order valence-electron chi connectivity index (χ4n) is 2.88. The van der Waals surface area contributed by atoms with Gasteiger partial charge in [0.15, 0.2) is 6.10 Å². The molecule has 3 rings (SSSR count). The molecule has 0 bridgehead atoms. The van der Waals surface area contributed by atoms with Gasteiger partial charge in [0.2, 0.25) is 0 Å². The highest BCUT2D eigenvalue weighted by molar-refractivity contribution is 5.97. The van der Waals surface area contributed by atoms with Gasteiger partial charge in [-0.2, -0.15) is 8.78 Å². The van der Waals surface area contributed by atoms with Crippen LogP contribution in [-0.2, 0) is 14.3 Å². The number of hydrogen-bond donors (Lipinski definition) is 1. The van der Waals surface area contributed by atoms with E-state index in [0.717, 1.165) is 18.8 Å². The molecule has 2 aromatic rings. The number of halogens is 2. The molecule has 0 saturated carbocycles. The molecule has 7 nitrogen and oxygen atoms in total. The first kappa shape index (κ1) is 21.5. The highest BCUT2D eigenvalue weighted by atomic mass is 19.3. The van der Waals surface area contributed by atoms with Crippen LogP contribution < -0.4 is 15.0 Å². The van der Waals surface area contributed by atoms with Gasteiger partial charge in [-0.15, -0.1) is 0 Å². The quantitative estimate of drug-likeness (QED) is 0.693. The summed E-state index contributed by atoms with van der Waals surface area (Å²) in [4.78, 5) is 26.7. The van der Waals surface area contributed by atoms with Crippen LogP contribution in [0.15, 0.2) is 48.5 Å². The van der Waals surface area contributed by atoms with E-state index in [1.807, 2.05) is 12.1 Å². The van der Waals surface area contributed by atoms with Gasteiger partial charge in [-0.25, -0.2) is 4.79 Å². The number of alkyl halides is 2. The molecule has 0 radical (unpaired) electrons. The van der Waals surface area contributed by atoms with Gasteiger partial charge in [0.1, 0.15) is 5.75 Å². The lowest BCUT2D eigenvalue weighted by Crippen LogP contribution is -2.36. The van der Waals surface area contributed by atoms with Gasteiger partial charge in [-0.1, -0.05) is 0 Å². The minimum Gasteiger partial charge on any atom is -0.449 e. The molecular weight excluding hydrogens is 398 g/mol. The molecule has 1 heterocycles. The smallest absolute Gasteiger partial charge is 0.387 e. The van der Waals surface area contributed by atoms with Crippen molar-refractivity contribution in [1.29, 1.82) is 0 Å². The summed E-state index contributed by atoms with van der Waals surface area (Å²) in [6.45, 7) is 1.49. The minimum atomic E-state index is -2.95. The van der Waals surface area contributed by atoms with Crippen molar-refractivity contribution in [2.24, 2.45) is 0 Å². The third-order valence-corrected chi connectivity index (χ3v) is 4.48. The van der Waals surface area contributed by atoms with Crippen LogP contribution in [-0.4, -0.2) is 50.9 Å². The highest BCUT2D eigenvalue weighted by Gasteiger charge is 2.19. The maximum atomic E-state index is 12.3. The summed E-state index contributed by atoms with van der Waals surface area (Å²) >= 11 is 0. The largest absolute Gasteiger partial charge is 0.449 e. The molecule has 160 valence electrons.